The Balaban J connectivity index is 1.66. The Labute approximate surface area is 173 Å². The highest BCUT2D eigenvalue weighted by Crippen LogP contribution is 2.34. The van der Waals surface area contributed by atoms with E-state index in [9.17, 15) is 9.59 Å². The Morgan fingerprint density at radius 3 is 2.72 bits per heavy atom. The van der Waals surface area contributed by atoms with Crippen LogP contribution in [0.1, 0.15) is 32.0 Å². The molecule has 0 aliphatic carbocycles. The number of nitrogens with zero attached hydrogens (tertiary/aromatic N) is 4. The van der Waals surface area contributed by atoms with E-state index >= 15 is 0 Å². The third-order valence-electron chi connectivity index (χ3n) is 4.69. The molecule has 3 amide bonds. The second-order valence-electron chi connectivity index (χ2n) is 8.04. The molecule has 1 fully saturated rings. The van der Waals surface area contributed by atoms with Gasteiger partial charge in [-0.2, -0.15) is 0 Å². The van der Waals surface area contributed by atoms with E-state index in [0.717, 1.165) is 16.8 Å². The number of carbonyl (C=O) groups excluding carboxylic acids is 2. The van der Waals surface area contributed by atoms with Gasteiger partial charge in [-0.25, -0.2) is 19.6 Å². The molecule has 0 bridgehead atoms. The predicted molar refractivity (Wildman–Crippen MR) is 109 cm³/mol. The van der Waals surface area contributed by atoms with Gasteiger partial charge in [0.25, 0.3) is 0 Å². The lowest BCUT2D eigenvalue weighted by molar-refractivity contribution is 0.0241. The normalized spacial score (nSPS) is 16.1. The molecule has 1 aromatic heterocycles. The SMILES string of the molecule is CC(C)(C)OC(=O)N1Cc2nc(Cl)nc(-c3cccc(N4CCNC4=O)c3)c2C1. The van der Waals surface area contributed by atoms with E-state index in [1.54, 1.807) is 9.80 Å². The maximum absolute atomic E-state index is 12.5. The second kappa shape index (κ2) is 7.18. The Bertz CT molecular complexity index is 989. The molecule has 2 aromatic rings. The van der Waals surface area contributed by atoms with E-state index in [2.05, 4.69) is 15.3 Å². The van der Waals surface area contributed by atoms with Crippen molar-refractivity contribution in [3.8, 4) is 11.3 Å². The molecule has 2 aliphatic heterocycles. The summed E-state index contributed by atoms with van der Waals surface area (Å²) in [6, 6.07) is 7.44. The fraction of sp³-hybridized carbons (Fsp3) is 0.400. The maximum Gasteiger partial charge on any atom is 0.410 e. The number of hydrogen-bond acceptors (Lipinski definition) is 5. The highest BCUT2D eigenvalue weighted by atomic mass is 35.5. The maximum atomic E-state index is 12.5. The van der Waals surface area contributed by atoms with Crippen LogP contribution in [0, 0.1) is 0 Å². The summed E-state index contributed by atoms with van der Waals surface area (Å²) in [4.78, 5) is 36.5. The summed E-state index contributed by atoms with van der Waals surface area (Å²) < 4.78 is 5.48. The van der Waals surface area contributed by atoms with Crippen molar-refractivity contribution >= 4 is 29.4 Å². The first-order valence-corrected chi connectivity index (χ1v) is 9.78. The number of rotatable bonds is 2. The van der Waals surface area contributed by atoms with Gasteiger partial charge in [-0.3, -0.25) is 9.80 Å². The van der Waals surface area contributed by atoms with Crippen molar-refractivity contribution in [1.82, 2.24) is 20.2 Å². The highest BCUT2D eigenvalue weighted by molar-refractivity contribution is 6.28. The summed E-state index contributed by atoms with van der Waals surface area (Å²) in [6.45, 7) is 7.36. The molecule has 2 aliphatic rings. The molecule has 0 atom stereocenters. The number of aromatic nitrogens is 2. The molecule has 1 aromatic carbocycles. The minimum atomic E-state index is -0.581. The molecule has 1 N–H and O–H groups in total. The topological polar surface area (TPSA) is 87.7 Å². The summed E-state index contributed by atoms with van der Waals surface area (Å²) in [6.07, 6.45) is -0.403. The minimum absolute atomic E-state index is 0.120. The van der Waals surface area contributed by atoms with Crippen molar-refractivity contribution in [1.29, 1.82) is 0 Å². The third-order valence-corrected chi connectivity index (χ3v) is 4.86. The number of nitrogens with one attached hydrogen (secondary N) is 1. The molecular formula is C20H22ClN5O3. The number of carbonyl (C=O) groups is 2. The second-order valence-corrected chi connectivity index (χ2v) is 8.37. The number of ether oxygens (including phenoxy) is 1. The Hall–Kier alpha value is -2.87. The number of urea groups is 1. The summed E-state index contributed by atoms with van der Waals surface area (Å²) in [5.74, 6) is 0. The van der Waals surface area contributed by atoms with Crippen LogP contribution in [0.4, 0.5) is 15.3 Å². The van der Waals surface area contributed by atoms with Gasteiger partial charge in [0.05, 0.1) is 24.5 Å². The largest absolute Gasteiger partial charge is 0.444 e. The van der Waals surface area contributed by atoms with Crippen LogP contribution < -0.4 is 10.2 Å². The fourth-order valence-electron chi connectivity index (χ4n) is 3.46. The van der Waals surface area contributed by atoms with Gasteiger partial charge in [-0.05, 0) is 44.5 Å². The van der Waals surface area contributed by atoms with Crippen LogP contribution in [0.5, 0.6) is 0 Å². The van der Waals surface area contributed by atoms with Crippen LogP contribution in [-0.4, -0.2) is 45.7 Å². The fourth-order valence-corrected chi connectivity index (χ4v) is 3.64. The number of amides is 3. The summed E-state index contributed by atoms with van der Waals surface area (Å²) in [5, 5.41) is 2.92. The molecule has 29 heavy (non-hydrogen) atoms. The van der Waals surface area contributed by atoms with Crippen molar-refractivity contribution in [3.05, 3.63) is 40.8 Å². The summed E-state index contributed by atoms with van der Waals surface area (Å²) in [7, 11) is 0. The predicted octanol–water partition coefficient (Wildman–Crippen LogP) is 3.58. The lowest BCUT2D eigenvalue weighted by atomic mass is 10.0. The number of halogens is 1. The summed E-state index contributed by atoms with van der Waals surface area (Å²) in [5.41, 5.74) is 3.21. The van der Waals surface area contributed by atoms with Crippen LogP contribution in [0.15, 0.2) is 24.3 Å². The van der Waals surface area contributed by atoms with E-state index in [0.29, 0.717) is 37.6 Å². The van der Waals surface area contributed by atoms with Crippen molar-refractivity contribution in [2.75, 3.05) is 18.0 Å². The number of anilines is 1. The van der Waals surface area contributed by atoms with E-state index in [-0.39, 0.29) is 11.3 Å². The van der Waals surface area contributed by atoms with Gasteiger partial charge in [0, 0.05) is 29.9 Å². The lowest BCUT2D eigenvalue weighted by Gasteiger charge is -2.24. The van der Waals surface area contributed by atoms with Crippen LogP contribution in [-0.2, 0) is 17.8 Å². The molecule has 0 radical (unpaired) electrons. The monoisotopic (exact) mass is 415 g/mol. The lowest BCUT2D eigenvalue weighted by Crippen LogP contribution is -2.33. The molecule has 8 nitrogen and oxygen atoms in total. The van der Waals surface area contributed by atoms with Gasteiger partial charge in [0.1, 0.15) is 5.60 Å². The minimum Gasteiger partial charge on any atom is -0.444 e. The third kappa shape index (κ3) is 3.98. The van der Waals surface area contributed by atoms with E-state index in [1.807, 2.05) is 45.0 Å². The Kier molecular flexibility index (Phi) is 4.82. The average molecular weight is 416 g/mol. The van der Waals surface area contributed by atoms with Gasteiger partial charge in [0.15, 0.2) is 0 Å². The number of hydrogen-bond donors (Lipinski definition) is 1. The van der Waals surface area contributed by atoms with Crippen LogP contribution >= 0.6 is 11.6 Å². The zero-order valence-corrected chi connectivity index (χ0v) is 17.3. The summed E-state index contributed by atoms with van der Waals surface area (Å²) >= 11 is 6.17. The number of fused-ring (bicyclic) bond motifs is 1. The van der Waals surface area contributed by atoms with Crippen molar-refractivity contribution < 1.29 is 14.3 Å². The van der Waals surface area contributed by atoms with Crippen LogP contribution in [0.2, 0.25) is 5.28 Å². The Morgan fingerprint density at radius 1 is 1.24 bits per heavy atom. The molecule has 1 saturated heterocycles. The zero-order chi connectivity index (χ0) is 20.8. The highest BCUT2D eigenvalue weighted by Gasteiger charge is 2.32. The van der Waals surface area contributed by atoms with Crippen molar-refractivity contribution in [2.45, 2.75) is 39.5 Å². The Morgan fingerprint density at radius 2 is 2.03 bits per heavy atom. The standard InChI is InChI=1S/C20H22ClN5O3/c1-20(2,3)29-19(28)25-10-14-15(11-25)23-17(21)24-16(14)12-5-4-6-13(9-12)26-8-7-22-18(26)27/h4-6,9H,7-8,10-11H2,1-3H3,(H,22,27). The van der Waals surface area contributed by atoms with E-state index in [1.165, 1.54) is 0 Å². The first-order chi connectivity index (χ1) is 13.7. The molecule has 9 heteroatoms. The molecule has 3 heterocycles. The van der Waals surface area contributed by atoms with Crippen molar-refractivity contribution in [3.63, 3.8) is 0 Å². The van der Waals surface area contributed by atoms with Gasteiger partial charge >= 0.3 is 12.1 Å². The quantitative estimate of drug-likeness (QED) is 0.757. The van der Waals surface area contributed by atoms with Gasteiger partial charge < -0.3 is 10.1 Å². The van der Waals surface area contributed by atoms with Crippen LogP contribution in [0.3, 0.4) is 0 Å². The molecule has 4 rings (SSSR count). The van der Waals surface area contributed by atoms with Gasteiger partial charge in [-0.15, -0.1) is 0 Å². The van der Waals surface area contributed by atoms with E-state index in [4.69, 9.17) is 16.3 Å². The molecule has 152 valence electrons. The molecule has 0 unspecified atom stereocenters. The number of benzene rings is 1. The van der Waals surface area contributed by atoms with E-state index < -0.39 is 11.7 Å². The molecule has 0 saturated carbocycles. The molecule has 0 spiro atoms. The smallest absolute Gasteiger partial charge is 0.410 e. The zero-order valence-electron chi connectivity index (χ0n) is 16.5. The first-order valence-electron chi connectivity index (χ1n) is 9.40. The first kappa shape index (κ1) is 19.4. The average Bonchev–Trinajstić information content (AvgIpc) is 3.26. The van der Waals surface area contributed by atoms with Gasteiger partial charge in [0.2, 0.25) is 5.28 Å². The van der Waals surface area contributed by atoms with Gasteiger partial charge in [-0.1, -0.05) is 12.1 Å². The van der Waals surface area contributed by atoms with Crippen LogP contribution in [0.25, 0.3) is 11.3 Å². The van der Waals surface area contributed by atoms with Crippen molar-refractivity contribution in [2.24, 2.45) is 0 Å². The molecular weight excluding hydrogens is 394 g/mol.